The Morgan fingerprint density at radius 3 is 2.28 bits per heavy atom. The Morgan fingerprint density at radius 2 is 1.89 bits per heavy atom. The highest BCUT2D eigenvalue weighted by Crippen LogP contribution is 2.30. The van der Waals surface area contributed by atoms with Gasteiger partial charge < -0.3 is 15.6 Å². The summed E-state index contributed by atoms with van der Waals surface area (Å²) in [7, 11) is 1.40. The fourth-order valence-electron chi connectivity index (χ4n) is 1.61. The summed E-state index contributed by atoms with van der Waals surface area (Å²) < 4.78 is 18.3. The van der Waals surface area contributed by atoms with Crippen molar-refractivity contribution in [2.75, 3.05) is 7.11 Å². The molecule has 0 bridgehead atoms. The summed E-state index contributed by atoms with van der Waals surface area (Å²) in [6.07, 6.45) is -0.740. The van der Waals surface area contributed by atoms with Gasteiger partial charge in [0.05, 0.1) is 19.3 Å². The molecule has 3 nitrogen and oxygen atoms in total. The van der Waals surface area contributed by atoms with Crippen LogP contribution in [0.3, 0.4) is 0 Å². The van der Waals surface area contributed by atoms with Crippen molar-refractivity contribution in [3.63, 3.8) is 0 Å². The first kappa shape index (κ1) is 17.2. The zero-order valence-electron chi connectivity index (χ0n) is 11.1. The SMILES string of the molecule is COc1ccc([C@@H](N)[C@@H](O)C(C)(C)C)cc1F.Cl. The van der Waals surface area contributed by atoms with Gasteiger partial charge in [0.25, 0.3) is 0 Å². The van der Waals surface area contributed by atoms with Gasteiger partial charge >= 0.3 is 0 Å². The fourth-order valence-corrected chi connectivity index (χ4v) is 1.61. The van der Waals surface area contributed by atoms with Crippen molar-refractivity contribution in [3.05, 3.63) is 29.6 Å². The van der Waals surface area contributed by atoms with Crippen LogP contribution in [0.4, 0.5) is 4.39 Å². The second kappa shape index (κ2) is 6.36. The topological polar surface area (TPSA) is 55.5 Å². The number of halogens is 2. The average Bonchev–Trinajstić information content (AvgIpc) is 2.25. The molecule has 18 heavy (non-hydrogen) atoms. The zero-order valence-corrected chi connectivity index (χ0v) is 11.9. The maximum absolute atomic E-state index is 13.5. The smallest absolute Gasteiger partial charge is 0.165 e. The van der Waals surface area contributed by atoms with Crippen molar-refractivity contribution in [1.29, 1.82) is 0 Å². The van der Waals surface area contributed by atoms with Gasteiger partial charge in [0.1, 0.15) is 0 Å². The highest BCUT2D eigenvalue weighted by atomic mass is 35.5. The molecule has 1 rings (SSSR count). The fraction of sp³-hybridized carbons (Fsp3) is 0.538. The minimum absolute atomic E-state index is 0. The van der Waals surface area contributed by atoms with E-state index >= 15 is 0 Å². The third kappa shape index (κ3) is 3.83. The molecule has 104 valence electrons. The summed E-state index contributed by atoms with van der Waals surface area (Å²) in [5.41, 5.74) is 6.14. The molecule has 0 fully saturated rings. The monoisotopic (exact) mass is 277 g/mol. The van der Waals surface area contributed by atoms with E-state index in [1.54, 1.807) is 6.07 Å². The van der Waals surface area contributed by atoms with Crippen molar-refractivity contribution in [2.24, 2.45) is 11.1 Å². The van der Waals surface area contributed by atoms with Crippen molar-refractivity contribution < 1.29 is 14.2 Å². The van der Waals surface area contributed by atoms with E-state index in [1.165, 1.54) is 19.2 Å². The second-order valence-electron chi connectivity index (χ2n) is 5.23. The predicted molar refractivity (Wildman–Crippen MR) is 72.6 cm³/mol. The normalized spacial score (nSPS) is 14.6. The number of aliphatic hydroxyl groups excluding tert-OH is 1. The molecule has 2 atom stereocenters. The maximum Gasteiger partial charge on any atom is 0.165 e. The quantitative estimate of drug-likeness (QED) is 0.893. The third-order valence-electron chi connectivity index (χ3n) is 2.79. The molecule has 0 unspecified atom stereocenters. The number of hydrogen-bond donors (Lipinski definition) is 2. The second-order valence-corrected chi connectivity index (χ2v) is 5.23. The van der Waals surface area contributed by atoms with E-state index in [2.05, 4.69) is 0 Å². The molecule has 0 aliphatic rings. The lowest BCUT2D eigenvalue weighted by atomic mass is 9.82. The minimum Gasteiger partial charge on any atom is -0.494 e. The van der Waals surface area contributed by atoms with Crippen LogP contribution in [0.1, 0.15) is 32.4 Å². The Kier molecular flexibility index (Phi) is 6.07. The molecule has 0 saturated carbocycles. The highest BCUT2D eigenvalue weighted by Gasteiger charge is 2.29. The number of benzene rings is 1. The number of hydrogen-bond acceptors (Lipinski definition) is 3. The van der Waals surface area contributed by atoms with Crippen molar-refractivity contribution in [2.45, 2.75) is 32.9 Å². The van der Waals surface area contributed by atoms with E-state index in [1.807, 2.05) is 20.8 Å². The van der Waals surface area contributed by atoms with Crippen LogP contribution in [-0.4, -0.2) is 18.3 Å². The van der Waals surface area contributed by atoms with Crippen molar-refractivity contribution in [3.8, 4) is 5.75 Å². The first-order valence-corrected chi connectivity index (χ1v) is 5.54. The molecule has 5 heteroatoms. The van der Waals surface area contributed by atoms with Gasteiger partial charge in [-0.3, -0.25) is 0 Å². The predicted octanol–water partition coefficient (Wildman–Crippen LogP) is 2.66. The molecule has 0 spiro atoms. The average molecular weight is 278 g/mol. The van der Waals surface area contributed by atoms with Gasteiger partial charge in [0.15, 0.2) is 11.6 Å². The molecule has 0 aliphatic carbocycles. The van der Waals surface area contributed by atoms with Crippen LogP contribution in [0.15, 0.2) is 18.2 Å². The van der Waals surface area contributed by atoms with Gasteiger partial charge in [-0.05, 0) is 23.1 Å². The Bertz CT molecular complexity index is 393. The Labute approximate surface area is 114 Å². The van der Waals surface area contributed by atoms with Crippen LogP contribution in [0.2, 0.25) is 0 Å². The van der Waals surface area contributed by atoms with Crippen LogP contribution in [0, 0.1) is 11.2 Å². The maximum atomic E-state index is 13.5. The number of aliphatic hydroxyl groups is 1. The Morgan fingerprint density at radius 1 is 1.33 bits per heavy atom. The molecule has 0 aromatic heterocycles. The molecular weight excluding hydrogens is 257 g/mol. The van der Waals surface area contributed by atoms with Crippen LogP contribution in [-0.2, 0) is 0 Å². The van der Waals surface area contributed by atoms with E-state index in [0.717, 1.165) is 0 Å². The number of rotatable bonds is 3. The van der Waals surface area contributed by atoms with Crippen molar-refractivity contribution >= 4 is 12.4 Å². The van der Waals surface area contributed by atoms with Crippen LogP contribution in [0.25, 0.3) is 0 Å². The van der Waals surface area contributed by atoms with Gasteiger partial charge in [-0.1, -0.05) is 26.8 Å². The summed E-state index contributed by atoms with van der Waals surface area (Å²) in [6.45, 7) is 5.66. The number of nitrogens with two attached hydrogens (primary N) is 1. The molecular formula is C13H21ClFNO2. The summed E-state index contributed by atoms with van der Waals surface area (Å²) in [4.78, 5) is 0. The van der Waals surface area contributed by atoms with E-state index in [0.29, 0.717) is 5.56 Å². The van der Waals surface area contributed by atoms with Crippen LogP contribution >= 0.6 is 12.4 Å². The largest absolute Gasteiger partial charge is 0.494 e. The molecule has 3 N–H and O–H groups in total. The Hall–Kier alpha value is -0.840. The first-order chi connectivity index (χ1) is 7.77. The summed E-state index contributed by atoms with van der Waals surface area (Å²) in [5, 5.41) is 10.0. The van der Waals surface area contributed by atoms with Crippen LogP contribution < -0.4 is 10.5 Å². The van der Waals surface area contributed by atoms with Crippen LogP contribution in [0.5, 0.6) is 5.75 Å². The van der Waals surface area contributed by atoms with E-state index in [4.69, 9.17) is 10.5 Å². The number of ether oxygens (including phenoxy) is 1. The van der Waals surface area contributed by atoms with E-state index in [9.17, 15) is 9.50 Å². The third-order valence-corrected chi connectivity index (χ3v) is 2.79. The van der Waals surface area contributed by atoms with Crippen molar-refractivity contribution in [1.82, 2.24) is 0 Å². The van der Waals surface area contributed by atoms with E-state index < -0.39 is 18.0 Å². The molecule has 1 aromatic rings. The molecule has 0 saturated heterocycles. The minimum atomic E-state index is -0.740. The molecule has 0 radical (unpaired) electrons. The lowest BCUT2D eigenvalue weighted by Crippen LogP contribution is -2.37. The Balaban J connectivity index is 0.00000289. The van der Waals surface area contributed by atoms with Gasteiger partial charge in [0, 0.05) is 0 Å². The van der Waals surface area contributed by atoms with Gasteiger partial charge in [0.2, 0.25) is 0 Å². The highest BCUT2D eigenvalue weighted by molar-refractivity contribution is 5.85. The standard InChI is InChI=1S/C13H20FNO2.ClH/c1-13(2,3)12(16)11(15)8-5-6-10(17-4)9(14)7-8;/h5-7,11-12,16H,15H2,1-4H3;1H/t11-,12-;/m1./s1. The zero-order chi connectivity index (χ0) is 13.2. The first-order valence-electron chi connectivity index (χ1n) is 5.54. The van der Waals surface area contributed by atoms with Gasteiger partial charge in [-0.15, -0.1) is 12.4 Å². The van der Waals surface area contributed by atoms with Gasteiger partial charge in [-0.25, -0.2) is 4.39 Å². The van der Waals surface area contributed by atoms with Gasteiger partial charge in [-0.2, -0.15) is 0 Å². The lowest BCUT2D eigenvalue weighted by molar-refractivity contribution is 0.0400. The van der Waals surface area contributed by atoms with E-state index in [-0.39, 0.29) is 23.6 Å². The summed E-state index contributed by atoms with van der Waals surface area (Å²) in [6, 6.07) is 3.87. The summed E-state index contributed by atoms with van der Waals surface area (Å²) in [5.74, 6) is -0.298. The lowest BCUT2D eigenvalue weighted by Gasteiger charge is -2.31. The molecule has 0 aliphatic heterocycles. The molecule has 0 heterocycles. The summed E-state index contributed by atoms with van der Waals surface area (Å²) >= 11 is 0. The molecule has 1 aromatic carbocycles. The molecule has 0 amide bonds. The number of methoxy groups -OCH3 is 1.